The van der Waals surface area contributed by atoms with Crippen molar-refractivity contribution in [2.45, 2.75) is 38.5 Å². The first-order valence-electron chi connectivity index (χ1n) is 9.84. The fourth-order valence-electron chi connectivity index (χ4n) is 4.00. The van der Waals surface area contributed by atoms with Crippen LogP contribution in [0.2, 0.25) is 0 Å². The number of piperidine rings is 1. The molecule has 0 saturated carbocycles. The molecular weight excluding hydrogens is 406 g/mol. The number of ether oxygens (including phenoxy) is 1. The lowest BCUT2D eigenvalue weighted by Gasteiger charge is -2.39. The highest BCUT2D eigenvalue weighted by Gasteiger charge is 2.31. The zero-order valence-electron chi connectivity index (χ0n) is 16.7. The van der Waals surface area contributed by atoms with Crippen molar-refractivity contribution < 1.29 is 18.3 Å². The molecule has 1 aromatic carbocycles. The summed E-state index contributed by atoms with van der Waals surface area (Å²) < 4.78 is 35.5. The third-order valence-electron chi connectivity index (χ3n) is 5.50. The number of aliphatic hydroxyl groups excluding tert-OH is 1. The predicted octanol–water partition coefficient (Wildman–Crippen LogP) is 1.69. The molecule has 1 fully saturated rings. The summed E-state index contributed by atoms with van der Waals surface area (Å²) in [5, 5.41) is 11.0. The molecule has 9 nitrogen and oxygen atoms in total. The maximum absolute atomic E-state index is 11.8. The summed E-state index contributed by atoms with van der Waals surface area (Å²) >= 11 is 0. The van der Waals surface area contributed by atoms with Gasteiger partial charge in [-0.2, -0.15) is 8.42 Å². The van der Waals surface area contributed by atoms with Crippen molar-refractivity contribution in [1.82, 2.24) is 9.88 Å². The summed E-state index contributed by atoms with van der Waals surface area (Å²) in [6.45, 7) is 3.02. The number of rotatable bonds is 5. The van der Waals surface area contributed by atoms with Gasteiger partial charge in [0.15, 0.2) is 5.84 Å². The Morgan fingerprint density at radius 2 is 2.20 bits per heavy atom. The molecule has 30 heavy (non-hydrogen) atoms. The van der Waals surface area contributed by atoms with Gasteiger partial charge in [-0.05, 0) is 43.5 Å². The molecule has 0 spiro atoms. The van der Waals surface area contributed by atoms with Crippen LogP contribution < -0.4 is 15.2 Å². The molecule has 2 aliphatic rings. The molecule has 10 heteroatoms. The molecule has 0 aliphatic carbocycles. The second kappa shape index (κ2) is 8.21. The third-order valence-corrected chi connectivity index (χ3v) is 6.41. The molecule has 0 bridgehead atoms. The average molecular weight is 432 g/mol. The van der Waals surface area contributed by atoms with Crippen LogP contribution in [0.5, 0.6) is 5.75 Å². The van der Waals surface area contributed by atoms with Crippen molar-refractivity contribution in [3.05, 3.63) is 53.3 Å². The van der Waals surface area contributed by atoms with Crippen molar-refractivity contribution in [3.63, 3.8) is 0 Å². The van der Waals surface area contributed by atoms with Crippen LogP contribution in [0.3, 0.4) is 0 Å². The van der Waals surface area contributed by atoms with E-state index in [2.05, 4.69) is 14.1 Å². The Balaban J connectivity index is 1.54. The van der Waals surface area contributed by atoms with Crippen molar-refractivity contribution in [2.24, 2.45) is 10.1 Å². The van der Waals surface area contributed by atoms with Gasteiger partial charge in [0.1, 0.15) is 18.6 Å². The molecule has 4 rings (SSSR count). The van der Waals surface area contributed by atoms with Crippen LogP contribution >= 0.6 is 0 Å². The van der Waals surface area contributed by atoms with Gasteiger partial charge in [-0.1, -0.05) is 12.5 Å². The Labute approximate surface area is 175 Å². The molecule has 3 heterocycles. The Bertz CT molecular complexity index is 1070. The Morgan fingerprint density at radius 3 is 3.00 bits per heavy atom. The molecule has 1 aromatic heterocycles. The highest BCUT2D eigenvalue weighted by Crippen LogP contribution is 2.32. The number of nitrogens with zero attached hydrogens (tertiary/aromatic N) is 3. The zero-order chi connectivity index (χ0) is 21.3. The molecule has 2 aliphatic heterocycles. The first-order chi connectivity index (χ1) is 14.4. The van der Waals surface area contributed by atoms with Gasteiger partial charge in [0.2, 0.25) is 0 Å². The third kappa shape index (κ3) is 4.11. The van der Waals surface area contributed by atoms with E-state index in [1.807, 2.05) is 17.9 Å². The molecule has 2 aromatic rings. The molecule has 1 saturated heterocycles. The van der Waals surface area contributed by atoms with Gasteiger partial charge >= 0.3 is 10.2 Å². The zero-order valence-corrected chi connectivity index (χ0v) is 17.5. The Hall–Kier alpha value is -2.69. The minimum Gasteiger partial charge on any atom is -0.491 e. The second-order valence-electron chi connectivity index (χ2n) is 7.54. The van der Waals surface area contributed by atoms with E-state index in [0.717, 1.165) is 36.9 Å². The van der Waals surface area contributed by atoms with E-state index in [0.29, 0.717) is 23.6 Å². The minimum absolute atomic E-state index is 0.00406. The maximum atomic E-state index is 11.8. The molecule has 0 amide bonds. The Kier molecular flexibility index (Phi) is 5.63. The molecular formula is C20H25N5O4S. The van der Waals surface area contributed by atoms with Crippen molar-refractivity contribution >= 4 is 21.7 Å². The van der Waals surface area contributed by atoms with Gasteiger partial charge in [-0.15, -0.1) is 4.40 Å². The van der Waals surface area contributed by atoms with Gasteiger partial charge in [0.25, 0.3) is 0 Å². The van der Waals surface area contributed by atoms with E-state index in [4.69, 9.17) is 10.5 Å². The molecule has 4 N–H and O–H groups in total. The van der Waals surface area contributed by atoms with Gasteiger partial charge in [-0.3, -0.25) is 14.6 Å². The molecule has 1 unspecified atom stereocenters. The number of aliphatic hydroxyl groups is 1. The minimum atomic E-state index is -3.84. The molecule has 160 valence electrons. The van der Waals surface area contributed by atoms with E-state index >= 15 is 0 Å². The van der Waals surface area contributed by atoms with Crippen molar-refractivity contribution in [3.8, 4) is 5.75 Å². The first kappa shape index (κ1) is 20.6. The molecule has 0 radical (unpaired) electrons. The largest absolute Gasteiger partial charge is 0.491 e. The summed E-state index contributed by atoms with van der Waals surface area (Å²) in [6.07, 6.45) is 5.60. The lowest BCUT2D eigenvalue weighted by molar-refractivity contribution is -0.0545. The average Bonchev–Trinajstić information content (AvgIpc) is 2.71. The maximum Gasteiger partial charge on any atom is 0.344 e. The van der Waals surface area contributed by atoms with Gasteiger partial charge < -0.3 is 15.6 Å². The quantitative estimate of drug-likeness (QED) is 0.657. The van der Waals surface area contributed by atoms with Crippen molar-refractivity contribution in [2.75, 3.05) is 17.9 Å². The summed E-state index contributed by atoms with van der Waals surface area (Å²) in [6, 6.07) is 6.88. The topological polar surface area (TPSA) is 130 Å². The fraction of sp³-hybridized carbons (Fsp3) is 0.400. The number of anilines is 1. The summed E-state index contributed by atoms with van der Waals surface area (Å²) in [4.78, 5) is 6.14. The number of hydrogen-bond donors (Lipinski definition) is 3. The van der Waals surface area contributed by atoms with Crippen LogP contribution in [0.15, 0.2) is 41.1 Å². The number of fused-ring (bicyclic) bond motifs is 1. The van der Waals surface area contributed by atoms with E-state index in [1.54, 1.807) is 30.6 Å². The lowest BCUT2D eigenvalue weighted by Crippen LogP contribution is -2.45. The number of aromatic nitrogens is 1. The van der Waals surface area contributed by atoms with Crippen LogP contribution in [0.4, 0.5) is 5.69 Å². The highest BCUT2D eigenvalue weighted by atomic mass is 32.2. The number of nitrogens with two attached hydrogens (primary N) is 1. The van der Waals surface area contributed by atoms with Crippen molar-refractivity contribution in [1.29, 1.82) is 0 Å². The van der Waals surface area contributed by atoms with E-state index in [9.17, 15) is 13.5 Å². The smallest absolute Gasteiger partial charge is 0.344 e. The number of hydrogen-bond acceptors (Lipinski definition) is 7. The number of likely N-dealkylation sites (tertiary alicyclic amines) is 1. The summed E-state index contributed by atoms with van der Waals surface area (Å²) in [5.41, 5.74) is 8.43. The second-order valence-corrected chi connectivity index (χ2v) is 8.87. The van der Waals surface area contributed by atoms with Crippen LogP contribution in [0.25, 0.3) is 0 Å². The number of pyridine rings is 1. The lowest BCUT2D eigenvalue weighted by atomic mass is 10.00. The van der Waals surface area contributed by atoms with Crippen LogP contribution in [0, 0.1) is 6.92 Å². The van der Waals surface area contributed by atoms with Crippen LogP contribution in [-0.4, -0.2) is 48.4 Å². The highest BCUT2D eigenvalue weighted by molar-refractivity contribution is 7.91. The Morgan fingerprint density at radius 1 is 1.37 bits per heavy atom. The van der Waals surface area contributed by atoms with E-state index in [1.165, 1.54) is 0 Å². The van der Waals surface area contributed by atoms with Crippen LogP contribution in [0.1, 0.15) is 42.2 Å². The van der Waals surface area contributed by atoms with Gasteiger partial charge in [0, 0.05) is 30.5 Å². The van der Waals surface area contributed by atoms with E-state index in [-0.39, 0.29) is 11.9 Å². The summed E-state index contributed by atoms with van der Waals surface area (Å²) in [7, 11) is -3.84. The number of benzene rings is 1. The monoisotopic (exact) mass is 431 g/mol. The summed E-state index contributed by atoms with van der Waals surface area (Å²) in [5.74, 6) is 0.351. The number of amidine groups is 1. The molecule has 2 atom stereocenters. The predicted molar refractivity (Wildman–Crippen MR) is 113 cm³/mol. The fourth-order valence-corrected chi connectivity index (χ4v) is 4.84. The van der Waals surface area contributed by atoms with Gasteiger partial charge in [-0.25, -0.2) is 0 Å². The normalized spacial score (nSPS) is 21.8. The SMILES string of the molecule is Cc1cnccc1C(O)N1CCCC[C@@H]1COc1cccc2c1C(N)=NS(=O)(=O)N2. The standard InChI is InChI=1S/C20H25N5O4S/c1-13-11-22-9-8-15(13)20(26)25-10-3-2-5-14(25)12-29-17-7-4-6-16-18(17)19(21)24-30(27,28)23-16/h4,6-9,11,14,20,23,26H,2-3,5,10,12H2,1H3,(H2,21,24)/t14-,20?/m1/s1. The van der Waals surface area contributed by atoms with Gasteiger partial charge in [0.05, 0.1) is 11.3 Å². The number of aryl methyl sites for hydroxylation is 1. The first-order valence-corrected chi connectivity index (χ1v) is 11.3. The number of nitrogens with one attached hydrogen (secondary N) is 1. The van der Waals surface area contributed by atoms with Crippen LogP contribution in [-0.2, 0) is 10.2 Å². The van der Waals surface area contributed by atoms with E-state index < -0.39 is 16.4 Å².